The second-order valence-electron chi connectivity index (χ2n) is 11.2. The summed E-state index contributed by atoms with van der Waals surface area (Å²) in [6.45, 7) is 5.82. The second-order valence-corrected chi connectivity index (χ2v) is 14.1. The van der Waals surface area contributed by atoms with Crippen molar-refractivity contribution >= 4 is 27.4 Å². The van der Waals surface area contributed by atoms with Gasteiger partial charge >= 0.3 is 0 Å². The highest BCUT2D eigenvalue weighted by Gasteiger charge is 2.63. The second kappa shape index (κ2) is 9.48. The molecule has 12 heteroatoms. The summed E-state index contributed by atoms with van der Waals surface area (Å²) in [5.74, 6) is -0.720. The average Bonchev–Trinajstić information content (AvgIpc) is 3.44. The molecule has 3 heterocycles. The van der Waals surface area contributed by atoms with E-state index in [-0.39, 0.29) is 24.7 Å². The third-order valence-electron chi connectivity index (χ3n) is 8.16. The lowest BCUT2D eigenvalue weighted by Crippen LogP contribution is -2.54. The van der Waals surface area contributed by atoms with Gasteiger partial charge in [-0.05, 0) is 57.7 Å². The maximum Gasteiger partial charge on any atom is 0.272 e. The average molecular weight is 553 g/mol. The summed E-state index contributed by atoms with van der Waals surface area (Å²) >= 11 is 0. The normalized spacial score (nSPS) is 20.1. The summed E-state index contributed by atoms with van der Waals surface area (Å²) in [4.78, 5) is 33.6. The van der Waals surface area contributed by atoms with E-state index in [9.17, 15) is 18.0 Å². The van der Waals surface area contributed by atoms with Gasteiger partial charge in [0.2, 0.25) is 0 Å². The van der Waals surface area contributed by atoms with Crippen molar-refractivity contribution in [1.82, 2.24) is 20.0 Å². The number of fused-ring (bicyclic) bond motifs is 1. The van der Waals surface area contributed by atoms with Gasteiger partial charge in [-0.25, -0.2) is 8.42 Å². The Morgan fingerprint density at radius 1 is 1.28 bits per heavy atom. The first-order valence-electron chi connectivity index (χ1n) is 13.0. The van der Waals surface area contributed by atoms with Crippen LogP contribution in [0.2, 0.25) is 0 Å². The van der Waals surface area contributed by atoms with Gasteiger partial charge in [0.25, 0.3) is 11.8 Å². The Labute approximate surface area is 227 Å². The molecule has 206 valence electrons. The van der Waals surface area contributed by atoms with Crippen molar-refractivity contribution in [1.29, 1.82) is 5.26 Å². The van der Waals surface area contributed by atoms with Crippen LogP contribution >= 0.6 is 0 Å². The number of nitriles is 1. The van der Waals surface area contributed by atoms with E-state index in [1.54, 1.807) is 50.1 Å². The van der Waals surface area contributed by atoms with Gasteiger partial charge in [0.1, 0.15) is 10.4 Å². The molecule has 0 saturated heterocycles. The summed E-state index contributed by atoms with van der Waals surface area (Å²) < 4.78 is 27.0. The number of nitrogens with zero attached hydrogens (tertiary/aromatic N) is 5. The number of nitrogens with one attached hydrogen (secondary N) is 1. The standard InChI is InChI=1S/C27H32N6O5S/c1-17-13-21(38-31-17)26(2,3)39(36,37)27(10-11-27)16-33-12-9-20-22(30-32(4)23(20)25(33)35)24(34)29-15-19-7-5-18(14-28)6-8-19/h5-8,21H,9-13,15-16H2,1-4H3,(H,29,34)/t21-/m0/s1. The van der Waals surface area contributed by atoms with Crippen molar-refractivity contribution < 1.29 is 22.8 Å². The maximum atomic E-state index is 13.9. The van der Waals surface area contributed by atoms with E-state index in [2.05, 4.69) is 21.6 Å². The molecule has 1 aromatic carbocycles. The topological polar surface area (TPSA) is 147 Å². The number of rotatable bonds is 8. The largest absolute Gasteiger partial charge is 0.390 e. The molecule has 0 bridgehead atoms. The Morgan fingerprint density at radius 2 is 1.97 bits per heavy atom. The predicted octanol–water partition coefficient (Wildman–Crippen LogP) is 2.11. The monoisotopic (exact) mass is 552 g/mol. The van der Waals surface area contributed by atoms with Gasteiger partial charge in [-0.2, -0.15) is 10.4 Å². The molecule has 11 nitrogen and oxygen atoms in total. The van der Waals surface area contributed by atoms with Crippen molar-refractivity contribution in [3.05, 3.63) is 52.3 Å². The van der Waals surface area contributed by atoms with Crippen LogP contribution < -0.4 is 5.32 Å². The quantitative estimate of drug-likeness (QED) is 0.528. The van der Waals surface area contributed by atoms with Gasteiger partial charge in [-0.1, -0.05) is 17.3 Å². The molecule has 5 rings (SSSR count). The highest BCUT2D eigenvalue weighted by Crippen LogP contribution is 2.51. The van der Waals surface area contributed by atoms with Crippen molar-refractivity contribution in [2.24, 2.45) is 12.2 Å². The number of benzene rings is 1. The number of aryl methyl sites for hydroxylation is 1. The van der Waals surface area contributed by atoms with E-state index in [4.69, 9.17) is 10.1 Å². The molecule has 1 N–H and O–H groups in total. The molecule has 0 spiro atoms. The molecule has 1 atom stereocenters. The van der Waals surface area contributed by atoms with E-state index in [1.165, 1.54) is 4.68 Å². The number of amides is 2. The number of oxime groups is 1. The zero-order chi connectivity index (χ0) is 28.2. The maximum absolute atomic E-state index is 13.9. The Balaban J connectivity index is 1.30. The molecular formula is C27H32N6O5S. The number of aromatic nitrogens is 2. The summed E-state index contributed by atoms with van der Waals surface area (Å²) in [5, 5.41) is 20.1. The number of hydrogen-bond acceptors (Lipinski definition) is 8. The van der Waals surface area contributed by atoms with Crippen LogP contribution in [0.25, 0.3) is 0 Å². The van der Waals surface area contributed by atoms with Crippen LogP contribution in [-0.4, -0.2) is 69.3 Å². The van der Waals surface area contributed by atoms with E-state index in [0.29, 0.717) is 49.0 Å². The highest BCUT2D eigenvalue weighted by atomic mass is 32.2. The summed E-state index contributed by atoms with van der Waals surface area (Å²) in [6, 6.07) is 8.96. The number of carbonyl (C=O) groups is 2. The first-order chi connectivity index (χ1) is 18.4. The Hall–Kier alpha value is -3.72. The lowest BCUT2D eigenvalue weighted by molar-refractivity contribution is 0.0602. The van der Waals surface area contributed by atoms with Crippen molar-refractivity contribution in [3.63, 3.8) is 0 Å². The lowest BCUT2D eigenvalue weighted by Gasteiger charge is -2.36. The fourth-order valence-corrected chi connectivity index (χ4v) is 8.02. The van der Waals surface area contributed by atoms with Gasteiger partial charge in [-0.3, -0.25) is 14.3 Å². The van der Waals surface area contributed by atoms with Gasteiger partial charge < -0.3 is 15.1 Å². The lowest BCUT2D eigenvalue weighted by atomic mass is 10.0. The molecule has 2 aliphatic heterocycles. The molecule has 0 radical (unpaired) electrons. The number of carbonyl (C=O) groups excluding carboxylic acids is 2. The van der Waals surface area contributed by atoms with Gasteiger partial charge in [0.05, 0.1) is 22.1 Å². The zero-order valence-electron chi connectivity index (χ0n) is 22.5. The van der Waals surface area contributed by atoms with E-state index in [0.717, 1.165) is 11.3 Å². The molecule has 1 aliphatic carbocycles. The fraction of sp³-hybridized carbons (Fsp3) is 0.519. The molecule has 0 unspecified atom stereocenters. The Morgan fingerprint density at radius 3 is 2.56 bits per heavy atom. The SMILES string of the molecule is CC1=NO[C@H](C(C)(C)S(=O)(=O)C2(CN3CCc4c(C(=O)NCc5ccc(C#N)cc5)nn(C)c4C3=O)CC2)C1. The minimum Gasteiger partial charge on any atom is -0.390 e. The van der Waals surface area contributed by atoms with Crippen LogP contribution in [0.4, 0.5) is 0 Å². The van der Waals surface area contributed by atoms with Crippen LogP contribution in [0.5, 0.6) is 0 Å². The summed E-state index contributed by atoms with van der Waals surface area (Å²) in [7, 11) is -2.07. The number of sulfone groups is 1. The van der Waals surface area contributed by atoms with Crippen LogP contribution in [0.1, 0.15) is 77.7 Å². The molecule has 2 amide bonds. The van der Waals surface area contributed by atoms with Crippen LogP contribution in [0.3, 0.4) is 0 Å². The van der Waals surface area contributed by atoms with Gasteiger partial charge in [0, 0.05) is 38.7 Å². The molecule has 3 aliphatic rings. The Kier molecular flexibility index (Phi) is 6.53. The third kappa shape index (κ3) is 4.48. The summed E-state index contributed by atoms with van der Waals surface area (Å²) in [5.41, 5.74) is 3.19. The molecule has 1 saturated carbocycles. The highest BCUT2D eigenvalue weighted by molar-refractivity contribution is 7.94. The fourth-order valence-electron chi connectivity index (χ4n) is 5.47. The van der Waals surface area contributed by atoms with Gasteiger partial charge in [0.15, 0.2) is 21.6 Å². The van der Waals surface area contributed by atoms with Crippen LogP contribution in [-0.2, 0) is 34.7 Å². The van der Waals surface area contributed by atoms with Crippen molar-refractivity contribution in [2.45, 2.75) is 68.6 Å². The smallest absolute Gasteiger partial charge is 0.272 e. The van der Waals surface area contributed by atoms with Crippen molar-refractivity contribution in [2.75, 3.05) is 13.1 Å². The molecule has 1 aromatic heterocycles. The van der Waals surface area contributed by atoms with E-state index in [1.807, 2.05) is 6.92 Å². The molecule has 39 heavy (non-hydrogen) atoms. The Bertz CT molecular complexity index is 1510. The summed E-state index contributed by atoms with van der Waals surface area (Å²) in [6.07, 6.45) is 1.25. The van der Waals surface area contributed by atoms with Gasteiger partial charge in [-0.15, -0.1) is 0 Å². The van der Waals surface area contributed by atoms with E-state index < -0.39 is 31.3 Å². The first kappa shape index (κ1) is 26.9. The minimum absolute atomic E-state index is 0.0923. The predicted molar refractivity (Wildman–Crippen MR) is 143 cm³/mol. The third-order valence-corrected chi connectivity index (χ3v) is 11.5. The molecule has 1 fully saturated rings. The minimum atomic E-state index is -3.69. The van der Waals surface area contributed by atoms with Crippen molar-refractivity contribution in [3.8, 4) is 6.07 Å². The van der Waals surface area contributed by atoms with Crippen LogP contribution in [0, 0.1) is 11.3 Å². The molecule has 2 aromatic rings. The molecular weight excluding hydrogens is 520 g/mol. The zero-order valence-corrected chi connectivity index (χ0v) is 23.3. The number of hydrogen-bond donors (Lipinski definition) is 1. The van der Waals surface area contributed by atoms with Crippen LogP contribution in [0.15, 0.2) is 29.4 Å². The first-order valence-corrected chi connectivity index (χ1v) is 14.4. The van der Waals surface area contributed by atoms with E-state index >= 15 is 0 Å².